The van der Waals surface area contributed by atoms with Crippen molar-refractivity contribution in [3.8, 4) is 11.3 Å². The molecule has 0 aliphatic heterocycles. The van der Waals surface area contributed by atoms with Crippen LogP contribution >= 0.6 is 23.2 Å². The normalized spacial score (nSPS) is 11.3. The van der Waals surface area contributed by atoms with Gasteiger partial charge in [0.25, 0.3) is 5.78 Å². The summed E-state index contributed by atoms with van der Waals surface area (Å²) >= 11 is 12.4. The maximum atomic E-state index is 6.37. The van der Waals surface area contributed by atoms with E-state index in [2.05, 4.69) is 20.8 Å². The van der Waals surface area contributed by atoms with E-state index in [0.717, 1.165) is 22.5 Å². The average molecular weight is 323 g/mol. The standard InChI is InChI=1S/C14H13Cl2N5/c1-7-11(6-17)13(10-4-3-9(15)5-12(10)16)21-14(18-7)19-8(2)20-21/h3-5H,6,17H2,1-2H3/p+1. The van der Waals surface area contributed by atoms with Crippen LogP contribution in [0.4, 0.5) is 0 Å². The minimum atomic E-state index is 0.559. The first-order valence-corrected chi connectivity index (χ1v) is 7.24. The number of quaternary nitrogens is 1. The smallest absolute Gasteiger partial charge is 0.253 e. The first kappa shape index (κ1) is 14.3. The molecule has 0 saturated heterocycles. The second-order valence-corrected chi connectivity index (χ2v) is 5.61. The van der Waals surface area contributed by atoms with Gasteiger partial charge >= 0.3 is 0 Å². The van der Waals surface area contributed by atoms with Gasteiger partial charge in [0, 0.05) is 10.6 Å². The molecule has 0 radical (unpaired) electrons. The molecule has 21 heavy (non-hydrogen) atoms. The third-order valence-electron chi connectivity index (χ3n) is 3.33. The monoisotopic (exact) mass is 322 g/mol. The topological polar surface area (TPSA) is 70.7 Å². The third kappa shape index (κ3) is 2.37. The number of aryl methyl sites for hydroxylation is 2. The number of hydrogen-bond acceptors (Lipinski definition) is 3. The van der Waals surface area contributed by atoms with Crippen molar-refractivity contribution in [3.63, 3.8) is 0 Å². The van der Waals surface area contributed by atoms with Crippen LogP contribution in [0.15, 0.2) is 18.2 Å². The van der Waals surface area contributed by atoms with Gasteiger partial charge in [-0.3, -0.25) is 0 Å². The fourth-order valence-corrected chi connectivity index (χ4v) is 2.90. The molecule has 0 saturated carbocycles. The number of nitrogens with zero attached hydrogens (tertiary/aromatic N) is 4. The predicted molar refractivity (Wildman–Crippen MR) is 82.3 cm³/mol. The van der Waals surface area contributed by atoms with Gasteiger partial charge in [0.2, 0.25) is 0 Å². The molecule has 7 heteroatoms. The van der Waals surface area contributed by atoms with Gasteiger partial charge in [-0.25, -0.2) is 4.98 Å². The third-order valence-corrected chi connectivity index (χ3v) is 3.88. The van der Waals surface area contributed by atoms with Crippen LogP contribution in [0.5, 0.6) is 0 Å². The molecule has 0 fully saturated rings. The summed E-state index contributed by atoms with van der Waals surface area (Å²) in [6.07, 6.45) is 0. The molecule has 0 amide bonds. The SMILES string of the molecule is Cc1nc2nc(C)c(C[NH3+])c(-c3ccc(Cl)cc3Cl)n2n1. The summed E-state index contributed by atoms with van der Waals surface area (Å²) in [6, 6.07) is 5.41. The second kappa shape index (κ2) is 5.26. The zero-order valence-corrected chi connectivity index (χ0v) is 13.2. The lowest BCUT2D eigenvalue weighted by Gasteiger charge is -2.12. The summed E-state index contributed by atoms with van der Waals surface area (Å²) in [7, 11) is 0. The van der Waals surface area contributed by atoms with Gasteiger partial charge in [0.15, 0.2) is 0 Å². The van der Waals surface area contributed by atoms with Crippen LogP contribution in [0.25, 0.3) is 17.0 Å². The van der Waals surface area contributed by atoms with E-state index in [1.165, 1.54) is 0 Å². The van der Waals surface area contributed by atoms with Gasteiger partial charge in [0.1, 0.15) is 12.4 Å². The van der Waals surface area contributed by atoms with Crippen LogP contribution in [0.2, 0.25) is 10.0 Å². The van der Waals surface area contributed by atoms with Gasteiger partial charge < -0.3 is 5.73 Å². The Kier molecular flexibility index (Phi) is 3.57. The highest BCUT2D eigenvalue weighted by atomic mass is 35.5. The Labute approximate surface area is 131 Å². The second-order valence-electron chi connectivity index (χ2n) is 4.77. The van der Waals surface area contributed by atoms with E-state index >= 15 is 0 Å². The summed E-state index contributed by atoms with van der Waals surface area (Å²) in [5, 5.41) is 5.59. The number of halogens is 2. The van der Waals surface area contributed by atoms with Crippen LogP contribution < -0.4 is 5.73 Å². The molecule has 0 spiro atoms. The van der Waals surface area contributed by atoms with Crippen LogP contribution in [-0.4, -0.2) is 19.6 Å². The summed E-state index contributed by atoms with van der Waals surface area (Å²) in [4.78, 5) is 8.81. The van der Waals surface area contributed by atoms with Gasteiger partial charge in [0.05, 0.1) is 22.0 Å². The number of rotatable bonds is 2. The molecule has 3 N–H and O–H groups in total. The molecule has 108 valence electrons. The number of aromatic nitrogens is 4. The Hall–Kier alpha value is -1.69. The summed E-state index contributed by atoms with van der Waals surface area (Å²) < 4.78 is 1.72. The van der Waals surface area contributed by atoms with Crippen LogP contribution in [0.1, 0.15) is 17.1 Å². The van der Waals surface area contributed by atoms with Gasteiger partial charge in [-0.15, -0.1) is 5.10 Å². The molecule has 3 rings (SSSR count). The molecule has 1 aromatic carbocycles. The Balaban J connectivity index is 2.43. The van der Waals surface area contributed by atoms with Crippen molar-refractivity contribution in [3.05, 3.63) is 45.3 Å². The van der Waals surface area contributed by atoms with E-state index in [1.54, 1.807) is 16.6 Å². The van der Waals surface area contributed by atoms with Crippen molar-refractivity contribution < 1.29 is 5.73 Å². The lowest BCUT2D eigenvalue weighted by atomic mass is 10.0. The largest absolute Gasteiger partial charge is 0.354 e. The maximum Gasteiger partial charge on any atom is 0.253 e. The molecule has 0 atom stereocenters. The lowest BCUT2D eigenvalue weighted by Crippen LogP contribution is -2.48. The van der Waals surface area contributed by atoms with Crippen molar-refractivity contribution >= 4 is 29.0 Å². The van der Waals surface area contributed by atoms with Crippen LogP contribution in [0.3, 0.4) is 0 Å². The Bertz CT molecular complexity index is 841. The van der Waals surface area contributed by atoms with E-state index in [0.29, 0.717) is 28.2 Å². The predicted octanol–water partition coefficient (Wildman–Crippen LogP) is 2.46. The van der Waals surface area contributed by atoms with Crippen LogP contribution in [-0.2, 0) is 6.54 Å². The van der Waals surface area contributed by atoms with Crippen molar-refractivity contribution in [2.75, 3.05) is 0 Å². The van der Waals surface area contributed by atoms with Crippen molar-refractivity contribution in [2.45, 2.75) is 20.4 Å². The van der Waals surface area contributed by atoms with Gasteiger partial charge in [-0.05, 0) is 32.0 Å². The molecular formula is C14H14Cl2N5+. The summed E-state index contributed by atoms with van der Waals surface area (Å²) in [6.45, 7) is 4.36. The molecule has 5 nitrogen and oxygen atoms in total. The van der Waals surface area contributed by atoms with Gasteiger partial charge in [-0.2, -0.15) is 9.50 Å². The fourth-order valence-electron chi connectivity index (χ4n) is 2.40. The summed E-state index contributed by atoms with van der Waals surface area (Å²) in [5.74, 6) is 1.22. The first-order valence-electron chi connectivity index (χ1n) is 6.48. The number of fused-ring (bicyclic) bond motifs is 1. The Morgan fingerprint density at radius 3 is 2.62 bits per heavy atom. The average Bonchev–Trinajstić information content (AvgIpc) is 2.77. The minimum absolute atomic E-state index is 0.559. The highest BCUT2D eigenvalue weighted by Gasteiger charge is 2.19. The highest BCUT2D eigenvalue weighted by molar-refractivity contribution is 6.36. The van der Waals surface area contributed by atoms with E-state index in [9.17, 15) is 0 Å². The molecular weight excluding hydrogens is 309 g/mol. The number of hydrogen-bond donors (Lipinski definition) is 1. The molecule has 0 unspecified atom stereocenters. The Morgan fingerprint density at radius 2 is 1.95 bits per heavy atom. The molecule has 2 aromatic heterocycles. The molecule has 0 aliphatic rings. The molecule has 0 bridgehead atoms. The van der Waals surface area contributed by atoms with Gasteiger partial charge in [-0.1, -0.05) is 23.2 Å². The maximum absolute atomic E-state index is 6.37. The van der Waals surface area contributed by atoms with Crippen molar-refractivity contribution in [1.82, 2.24) is 19.6 Å². The van der Waals surface area contributed by atoms with Crippen molar-refractivity contribution in [2.24, 2.45) is 0 Å². The molecule has 0 aliphatic carbocycles. The lowest BCUT2D eigenvalue weighted by molar-refractivity contribution is -0.386. The van der Waals surface area contributed by atoms with E-state index in [1.807, 2.05) is 19.9 Å². The Morgan fingerprint density at radius 1 is 1.19 bits per heavy atom. The zero-order valence-electron chi connectivity index (χ0n) is 11.7. The zero-order chi connectivity index (χ0) is 15.1. The van der Waals surface area contributed by atoms with E-state index < -0.39 is 0 Å². The van der Waals surface area contributed by atoms with Crippen molar-refractivity contribution in [1.29, 1.82) is 0 Å². The first-order chi connectivity index (χ1) is 10.0. The minimum Gasteiger partial charge on any atom is -0.354 e. The number of benzene rings is 1. The summed E-state index contributed by atoms with van der Waals surface area (Å²) in [5.41, 5.74) is 7.59. The van der Waals surface area contributed by atoms with Crippen LogP contribution in [0, 0.1) is 13.8 Å². The van der Waals surface area contributed by atoms with E-state index in [-0.39, 0.29) is 0 Å². The highest BCUT2D eigenvalue weighted by Crippen LogP contribution is 2.33. The quantitative estimate of drug-likeness (QED) is 0.787. The molecule has 3 aromatic rings. The molecule has 2 heterocycles. The van der Waals surface area contributed by atoms with E-state index in [4.69, 9.17) is 23.2 Å². The fraction of sp³-hybridized carbons (Fsp3) is 0.214.